The molecule has 2 aromatic rings. The third-order valence-corrected chi connectivity index (χ3v) is 3.23. The summed E-state index contributed by atoms with van der Waals surface area (Å²) >= 11 is 0. The summed E-state index contributed by atoms with van der Waals surface area (Å²) in [5.74, 6) is -1.85. The van der Waals surface area contributed by atoms with Gasteiger partial charge in [-0.2, -0.15) is 8.78 Å². The molecule has 0 bridgehead atoms. The fourth-order valence-corrected chi connectivity index (χ4v) is 2.08. The van der Waals surface area contributed by atoms with E-state index in [-0.39, 0.29) is 17.7 Å². The summed E-state index contributed by atoms with van der Waals surface area (Å²) in [6.07, 6.45) is 0.133. The number of hydrogen-bond donors (Lipinski definition) is 2. The summed E-state index contributed by atoms with van der Waals surface area (Å²) in [4.78, 5) is 23.4. The Labute approximate surface area is 136 Å². The first-order valence-corrected chi connectivity index (χ1v) is 7.08. The first-order chi connectivity index (χ1) is 11.5. The van der Waals surface area contributed by atoms with E-state index in [1.165, 1.54) is 24.3 Å². The zero-order valence-electron chi connectivity index (χ0n) is 12.5. The van der Waals surface area contributed by atoms with Crippen molar-refractivity contribution in [3.8, 4) is 5.75 Å². The Bertz CT molecular complexity index is 689. The highest BCUT2D eigenvalue weighted by molar-refractivity contribution is 5.96. The van der Waals surface area contributed by atoms with Crippen molar-refractivity contribution in [1.82, 2.24) is 5.32 Å². The third kappa shape index (κ3) is 5.05. The predicted molar refractivity (Wildman–Crippen MR) is 82.1 cm³/mol. The number of amides is 1. The predicted octanol–water partition coefficient (Wildman–Crippen LogP) is 2.71. The molecule has 0 aromatic heterocycles. The topological polar surface area (TPSA) is 75.6 Å². The minimum atomic E-state index is -2.95. The van der Waals surface area contributed by atoms with Gasteiger partial charge in [-0.05, 0) is 29.8 Å². The number of carboxylic acid groups (broad SMARTS) is 1. The summed E-state index contributed by atoms with van der Waals surface area (Å²) in [5.41, 5.74) is 0.918. The van der Waals surface area contributed by atoms with Crippen LogP contribution in [0, 0.1) is 0 Å². The van der Waals surface area contributed by atoms with Crippen LogP contribution in [0.5, 0.6) is 5.75 Å². The molecule has 1 atom stereocenters. The Balaban J connectivity index is 2.03. The van der Waals surface area contributed by atoms with Gasteiger partial charge in [0.1, 0.15) is 11.8 Å². The van der Waals surface area contributed by atoms with Gasteiger partial charge in [-0.3, -0.25) is 4.79 Å². The lowest BCUT2D eigenvalue weighted by Crippen LogP contribution is -2.42. The summed E-state index contributed by atoms with van der Waals surface area (Å²) in [6, 6.07) is 12.8. The van der Waals surface area contributed by atoms with Gasteiger partial charge < -0.3 is 15.2 Å². The molecule has 1 unspecified atom stereocenters. The molecule has 0 saturated heterocycles. The lowest BCUT2D eigenvalue weighted by atomic mass is 10.1. The first-order valence-electron chi connectivity index (χ1n) is 7.08. The van der Waals surface area contributed by atoms with Crippen LogP contribution in [-0.4, -0.2) is 29.6 Å². The molecule has 0 spiro atoms. The van der Waals surface area contributed by atoms with Crippen molar-refractivity contribution in [1.29, 1.82) is 0 Å². The Hall–Kier alpha value is -2.96. The van der Waals surface area contributed by atoms with Gasteiger partial charge in [-0.15, -0.1) is 0 Å². The highest BCUT2D eigenvalue weighted by atomic mass is 19.3. The van der Waals surface area contributed by atoms with Gasteiger partial charge in [-0.25, -0.2) is 4.79 Å². The molecule has 0 aliphatic carbocycles. The van der Waals surface area contributed by atoms with Crippen LogP contribution in [0.25, 0.3) is 0 Å². The van der Waals surface area contributed by atoms with Crippen LogP contribution < -0.4 is 10.1 Å². The largest absolute Gasteiger partial charge is 0.480 e. The van der Waals surface area contributed by atoms with Gasteiger partial charge in [0.2, 0.25) is 0 Å². The van der Waals surface area contributed by atoms with Crippen molar-refractivity contribution in [2.75, 3.05) is 0 Å². The molecule has 7 heteroatoms. The summed E-state index contributed by atoms with van der Waals surface area (Å²) < 4.78 is 28.3. The van der Waals surface area contributed by atoms with E-state index in [0.29, 0.717) is 0 Å². The average molecular weight is 335 g/mol. The second kappa shape index (κ2) is 8.05. The molecule has 0 aliphatic heterocycles. The molecular formula is C17H15F2NO4. The van der Waals surface area contributed by atoms with Crippen molar-refractivity contribution in [3.63, 3.8) is 0 Å². The van der Waals surface area contributed by atoms with E-state index in [2.05, 4.69) is 10.1 Å². The van der Waals surface area contributed by atoms with Crippen LogP contribution in [0.1, 0.15) is 15.9 Å². The minimum Gasteiger partial charge on any atom is -0.480 e. The zero-order valence-corrected chi connectivity index (χ0v) is 12.5. The third-order valence-electron chi connectivity index (χ3n) is 3.23. The maximum absolute atomic E-state index is 12.1. The molecule has 24 heavy (non-hydrogen) atoms. The second-order valence-electron chi connectivity index (χ2n) is 4.96. The summed E-state index contributed by atoms with van der Waals surface area (Å²) in [6.45, 7) is -2.95. The van der Waals surface area contributed by atoms with Crippen LogP contribution in [0.2, 0.25) is 0 Å². The normalized spacial score (nSPS) is 11.8. The number of nitrogens with one attached hydrogen (secondary N) is 1. The molecule has 1 amide bonds. The molecule has 0 saturated carbocycles. The van der Waals surface area contributed by atoms with Crippen LogP contribution in [0.15, 0.2) is 54.6 Å². The van der Waals surface area contributed by atoms with E-state index in [1.54, 1.807) is 30.3 Å². The van der Waals surface area contributed by atoms with Crippen LogP contribution in [0.4, 0.5) is 8.78 Å². The minimum absolute atomic E-state index is 0.0828. The van der Waals surface area contributed by atoms with Crippen LogP contribution >= 0.6 is 0 Å². The smallest absolute Gasteiger partial charge is 0.387 e. The lowest BCUT2D eigenvalue weighted by Gasteiger charge is -2.15. The Kier molecular flexibility index (Phi) is 5.83. The number of carbonyl (C=O) groups is 2. The van der Waals surface area contributed by atoms with Gasteiger partial charge in [0.15, 0.2) is 0 Å². The van der Waals surface area contributed by atoms with E-state index in [4.69, 9.17) is 0 Å². The highest BCUT2D eigenvalue weighted by Gasteiger charge is 2.21. The van der Waals surface area contributed by atoms with Crippen molar-refractivity contribution < 1.29 is 28.2 Å². The quantitative estimate of drug-likeness (QED) is 0.816. The van der Waals surface area contributed by atoms with Gasteiger partial charge in [0, 0.05) is 12.0 Å². The SMILES string of the molecule is O=C(NC(Cc1ccccc1)C(=O)O)c1ccc(OC(F)F)cc1. The number of alkyl halides is 2. The van der Waals surface area contributed by atoms with Crippen molar-refractivity contribution >= 4 is 11.9 Å². The van der Waals surface area contributed by atoms with E-state index >= 15 is 0 Å². The molecule has 2 aromatic carbocycles. The fourth-order valence-electron chi connectivity index (χ4n) is 2.08. The Morgan fingerprint density at radius 2 is 1.67 bits per heavy atom. The first kappa shape index (κ1) is 17.4. The fraction of sp³-hybridized carbons (Fsp3) is 0.176. The van der Waals surface area contributed by atoms with Crippen molar-refractivity contribution in [3.05, 3.63) is 65.7 Å². The van der Waals surface area contributed by atoms with E-state index < -0.39 is 24.5 Å². The van der Waals surface area contributed by atoms with E-state index in [0.717, 1.165) is 5.56 Å². The van der Waals surface area contributed by atoms with Gasteiger partial charge in [0.25, 0.3) is 5.91 Å². The van der Waals surface area contributed by atoms with Gasteiger partial charge >= 0.3 is 12.6 Å². The van der Waals surface area contributed by atoms with Crippen LogP contribution in [-0.2, 0) is 11.2 Å². The molecule has 2 N–H and O–H groups in total. The number of benzene rings is 2. The average Bonchev–Trinajstić information content (AvgIpc) is 2.55. The molecular weight excluding hydrogens is 320 g/mol. The second-order valence-corrected chi connectivity index (χ2v) is 4.96. The number of carboxylic acids is 1. The van der Waals surface area contributed by atoms with E-state index in [9.17, 15) is 23.5 Å². The van der Waals surface area contributed by atoms with E-state index in [1.807, 2.05) is 0 Å². The Morgan fingerprint density at radius 3 is 2.21 bits per heavy atom. The standard InChI is InChI=1S/C17H15F2NO4/c18-17(19)24-13-8-6-12(7-9-13)15(21)20-14(16(22)23)10-11-4-2-1-3-5-11/h1-9,14,17H,10H2,(H,20,21)(H,22,23). The number of rotatable bonds is 7. The molecule has 0 aliphatic rings. The van der Waals surface area contributed by atoms with Crippen molar-refractivity contribution in [2.45, 2.75) is 19.1 Å². The number of ether oxygens (including phenoxy) is 1. The lowest BCUT2D eigenvalue weighted by molar-refractivity contribution is -0.139. The Morgan fingerprint density at radius 1 is 1.04 bits per heavy atom. The maximum Gasteiger partial charge on any atom is 0.387 e. The number of carbonyl (C=O) groups excluding carboxylic acids is 1. The monoisotopic (exact) mass is 335 g/mol. The number of halogens is 2. The molecule has 0 radical (unpaired) electrons. The zero-order chi connectivity index (χ0) is 17.5. The van der Waals surface area contributed by atoms with Gasteiger partial charge in [-0.1, -0.05) is 30.3 Å². The summed E-state index contributed by atoms with van der Waals surface area (Å²) in [5, 5.41) is 11.7. The van der Waals surface area contributed by atoms with Crippen LogP contribution in [0.3, 0.4) is 0 Å². The maximum atomic E-state index is 12.1. The van der Waals surface area contributed by atoms with Gasteiger partial charge in [0.05, 0.1) is 0 Å². The molecule has 0 heterocycles. The molecule has 5 nitrogen and oxygen atoms in total. The number of aliphatic carboxylic acids is 1. The van der Waals surface area contributed by atoms with Crippen molar-refractivity contribution in [2.24, 2.45) is 0 Å². The molecule has 126 valence electrons. The molecule has 0 fully saturated rings. The molecule has 2 rings (SSSR count). The summed E-state index contributed by atoms with van der Waals surface area (Å²) in [7, 11) is 0. The highest BCUT2D eigenvalue weighted by Crippen LogP contribution is 2.15. The number of hydrogen-bond acceptors (Lipinski definition) is 3.